The Morgan fingerprint density at radius 3 is 2.54 bits per heavy atom. The molecule has 1 rings (SSSR count). The second-order valence-electron chi connectivity index (χ2n) is 3.03. The van der Waals surface area contributed by atoms with Crippen LogP contribution in [0.15, 0.2) is 4.47 Å². The van der Waals surface area contributed by atoms with Gasteiger partial charge in [0, 0.05) is 6.42 Å². The smallest absolute Gasteiger partial charge is 0.154 e. The van der Waals surface area contributed by atoms with Crippen LogP contribution in [0.25, 0.3) is 0 Å². The van der Waals surface area contributed by atoms with Crippen LogP contribution >= 0.6 is 15.9 Å². The van der Waals surface area contributed by atoms with Gasteiger partial charge in [-0.3, -0.25) is 9.48 Å². The Labute approximate surface area is 86.3 Å². The molecule has 0 aliphatic carbocycles. The van der Waals surface area contributed by atoms with E-state index >= 15 is 0 Å². The molecule has 72 valence electrons. The second-order valence-corrected chi connectivity index (χ2v) is 3.83. The summed E-state index contributed by atoms with van der Waals surface area (Å²) < 4.78 is 2.74. The normalized spacial score (nSPS) is 10.5. The van der Waals surface area contributed by atoms with E-state index < -0.39 is 0 Å². The number of Topliss-reactive ketones (excluding diaryl/α,β-unsaturated/α-hetero) is 1. The van der Waals surface area contributed by atoms with Crippen molar-refractivity contribution < 1.29 is 4.79 Å². The highest BCUT2D eigenvalue weighted by atomic mass is 79.9. The van der Waals surface area contributed by atoms with Crippen LogP contribution in [0.3, 0.4) is 0 Å². The molecule has 0 N–H and O–H groups in total. The quantitative estimate of drug-likeness (QED) is 0.818. The monoisotopic (exact) mass is 244 g/mol. The molecule has 0 unspecified atom stereocenters. The minimum absolute atomic E-state index is 0.207. The molecule has 0 saturated heterocycles. The van der Waals surface area contributed by atoms with Gasteiger partial charge in [-0.25, -0.2) is 0 Å². The molecule has 0 atom stereocenters. The first-order valence-corrected chi connectivity index (χ1v) is 5.06. The number of hydrogen-bond acceptors (Lipinski definition) is 2. The van der Waals surface area contributed by atoms with E-state index in [0.29, 0.717) is 13.0 Å². The Morgan fingerprint density at radius 2 is 2.15 bits per heavy atom. The van der Waals surface area contributed by atoms with Crippen molar-refractivity contribution in [1.82, 2.24) is 9.78 Å². The van der Waals surface area contributed by atoms with Gasteiger partial charge in [-0.1, -0.05) is 6.92 Å². The van der Waals surface area contributed by atoms with Gasteiger partial charge in [0.1, 0.15) is 0 Å². The molecule has 0 fully saturated rings. The molecular formula is C9H13BrN2O. The van der Waals surface area contributed by atoms with Crippen molar-refractivity contribution in [2.45, 2.75) is 33.7 Å². The molecule has 4 heteroatoms. The summed E-state index contributed by atoms with van der Waals surface area (Å²) in [6.07, 6.45) is 0.565. The molecule has 0 aliphatic heterocycles. The maximum atomic E-state index is 11.2. The maximum absolute atomic E-state index is 11.2. The average Bonchev–Trinajstić information content (AvgIpc) is 2.34. The first kappa shape index (κ1) is 10.4. The van der Waals surface area contributed by atoms with Gasteiger partial charge in [-0.05, 0) is 29.8 Å². The van der Waals surface area contributed by atoms with E-state index in [0.717, 1.165) is 15.9 Å². The lowest BCUT2D eigenvalue weighted by molar-refractivity contribution is -0.119. The fourth-order valence-electron chi connectivity index (χ4n) is 1.11. The average molecular weight is 245 g/mol. The van der Waals surface area contributed by atoms with Crippen LogP contribution in [0.4, 0.5) is 0 Å². The number of rotatable bonds is 3. The number of nitrogens with zero attached hydrogens (tertiary/aromatic N) is 2. The Bertz CT molecular complexity index is 331. The van der Waals surface area contributed by atoms with Gasteiger partial charge in [0.2, 0.25) is 0 Å². The maximum Gasteiger partial charge on any atom is 0.154 e. The molecule has 0 aliphatic rings. The van der Waals surface area contributed by atoms with Crippen LogP contribution in [-0.4, -0.2) is 15.6 Å². The Balaban J connectivity index is 2.90. The van der Waals surface area contributed by atoms with Crippen molar-refractivity contribution in [2.24, 2.45) is 0 Å². The van der Waals surface area contributed by atoms with E-state index in [1.165, 1.54) is 0 Å². The minimum atomic E-state index is 0.207. The summed E-state index contributed by atoms with van der Waals surface area (Å²) in [6, 6.07) is 0. The van der Waals surface area contributed by atoms with Crippen LogP contribution in [0.2, 0.25) is 0 Å². The number of halogens is 1. The number of aromatic nitrogens is 2. The van der Waals surface area contributed by atoms with E-state index in [-0.39, 0.29) is 5.78 Å². The first-order chi connectivity index (χ1) is 6.06. The third-order valence-electron chi connectivity index (χ3n) is 2.01. The summed E-state index contributed by atoms with van der Waals surface area (Å²) in [7, 11) is 0. The lowest BCUT2D eigenvalue weighted by Crippen LogP contribution is -2.11. The molecule has 1 aromatic heterocycles. The lowest BCUT2D eigenvalue weighted by Gasteiger charge is -2.01. The predicted molar refractivity (Wildman–Crippen MR) is 54.7 cm³/mol. The van der Waals surface area contributed by atoms with Gasteiger partial charge < -0.3 is 0 Å². The molecule has 3 nitrogen and oxygen atoms in total. The molecule has 0 saturated carbocycles. The number of hydrogen-bond donors (Lipinski definition) is 0. The summed E-state index contributed by atoms with van der Waals surface area (Å²) in [6.45, 7) is 6.12. The SMILES string of the molecule is CCC(=O)Cn1nc(C)c(Br)c1C. The topological polar surface area (TPSA) is 34.9 Å². The zero-order chi connectivity index (χ0) is 10.0. The van der Waals surface area contributed by atoms with Crippen LogP contribution < -0.4 is 0 Å². The highest BCUT2D eigenvalue weighted by Gasteiger charge is 2.10. The number of ketones is 1. The van der Waals surface area contributed by atoms with Crippen LogP contribution in [-0.2, 0) is 11.3 Å². The highest BCUT2D eigenvalue weighted by Crippen LogP contribution is 2.19. The molecular weight excluding hydrogens is 232 g/mol. The fraction of sp³-hybridized carbons (Fsp3) is 0.556. The van der Waals surface area contributed by atoms with Crippen molar-refractivity contribution in [1.29, 1.82) is 0 Å². The zero-order valence-corrected chi connectivity index (χ0v) is 9.68. The van der Waals surface area contributed by atoms with Crippen LogP contribution in [0.1, 0.15) is 24.7 Å². The van der Waals surface area contributed by atoms with Crippen molar-refractivity contribution in [3.8, 4) is 0 Å². The summed E-state index contributed by atoms with van der Waals surface area (Å²) in [5.74, 6) is 0.207. The lowest BCUT2D eigenvalue weighted by atomic mass is 10.3. The van der Waals surface area contributed by atoms with Crippen LogP contribution in [0, 0.1) is 13.8 Å². The van der Waals surface area contributed by atoms with Gasteiger partial charge in [0.15, 0.2) is 5.78 Å². The van der Waals surface area contributed by atoms with E-state index in [4.69, 9.17) is 0 Å². The van der Waals surface area contributed by atoms with Crippen molar-refractivity contribution >= 4 is 21.7 Å². The summed E-state index contributed by atoms with van der Waals surface area (Å²) in [5, 5.41) is 4.25. The van der Waals surface area contributed by atoms with E-state index in [2.05, 4.69) is 21.0 Å². The Morgan fingerprint density at radius 1 is 1.54 bits per heavy atom. The summed E-state index contributed by atoms with van der Waals surface area (Å²) >= 11 is 3.42. The highest BCUT2D eigenvalue weighted by molar-refractivity contribution is 9.10. The number of aryl methyl sites for hydroxylation is 1. The minimum Gasteiger partial charge on any atom is -0.298 e. The van der Waals surface area contributed by atoms with E-state index in [1.807, 2.05) is 20.8 Å². The molecule has 1 aromatic rings. The van der Waals surface area contributed by atoms with Crippen molar-refractivity contribution in [3.05, 3.63) is 15.9 Å². The zero-order valence-electron chi connectivity index (χ0n) is 8.09. The molecule has 13 heavy (non-hydrogen) atoms. The van der Waals surface area contributed by atoms with Crippen molar-refractivity contribution in [2.75, 3.05) is 0 Å². The summed E-state index contributed by atoms with van der Waals surface area (Å²) in [4.78, 5) is 11.2. The molecule has 0 radical (unpaired) electrons. The largest absolute Gasteiger partial charge is 0.298 e. The summed E-state index contributed by atoms with van der Waals surface area (Å²) in [5.41, 5.74) is 1.95. The molecule has 0 spiro atoms. The third kappa shape index (κ3) is 2.18. The molecule has 0 amide bonds. The van der Waals surface area contributed by atoms with Gasteiger partial charge in [0.05, 0.1) is 22.4 Å². The predicted octanol–water partition coefficient (Wildman–Crippen LogP) is 2.24. The molecule has 1 heterocycles. The second kappa shape index (κ2) is 4.05. The Hall–Kier alpha value is -0.640. The third-order valence-corrected chi connectivity index (χ3v) is 3.16. The Kier molecular flexibility index (Phi) is 3.25. The van der Waals surface area contributed by atoms with Gasteiger partial charge in [-0.2, -0.15) is 5.10 Å². The first-order valence-electron chi connectivity index (χ1n) is 4.27. The van der Waals surface area contributed by atoms with Gasteiger partial charge in [-0.15, -0.1) is 0 Å². The van der Waals surface area contributed by atoms with E-state index in [9.17, 15) is 4.79 Å². The standard InChI is InChI=1S/C9H13BrN2O/c1-4-8(13)5-12-7(3)9(10)6(2)11-12/h4-5H2,1-3H3. The molecule has 0 aromatic carbocycles. The number of carbonyl (C=O) groups is 1. The fourth-order valence-corrected chi connectivity index (χ4v) is 1.39. The molecule has 0 bridgehead atoms. The van der Waals surface area contributed by atoms with Crippen molar-refractivity contribution in [3.63, 3.8) is 0 Å². The van der Waals surface area contributed by atoms with Gasteiger partial charge >= 0.3 is 0 Å². The van der Waals surface area contributed by atoms with E-state index in [1.54, 1.807) is 4.68 Å². The number of carbonyl (C=O) groups excluding carboxylic acids is 1. The van der Waals surface area contributed by atoms with Crippen LogP contribution in [0.5, 0.6) is 0 Å². The van der Waals surface area contributed by atoms with Gasteiger partial charge in [0.25, 0.3) is 0 Å².